The van der Waals surface area contributed by atoms with E-state index in [1.807, 2.05) is 6.20 Å². The molecule has 0 unspecified atom stereocenters. The van der Waals surface area contributed by atoms with Gasteiger partial charge < -0.3 is 14.5 Å². The number of hydrogen-bond donors (Lipinski definition) is 0. The minimum Gasteiger partial charge on any atom is -0.457 e. The number of anilines is 4. The molecule has 66 heavy (non-hydrogen) atoms. The Labute approximate surface area is 386 Å². The molecule has 0 fully saturated rings. The molecule has 0 amide bonds. The molecular formula is C61H50N4O. The highest BCUT2D eigenvalue weighted by Gasteiger charge is 2.41. The Bertz CT molecular complexity index is 3510. The molecule has 1 aliphatic heterocycles. The highest BCUT2D eigenvalue weighted by Crippen LogP contribution is 2.58. The summed E-state index contributed by atoms with van der Waals surface area (Å²) in [5.74, 6) is 2.42. The Hall–Kier alpha value is -7.89. The maximum Gasteiger partial charge on any atom is 0.137 e. The van der Waals surface area contributed by atoms with Gasteiger partial charge in [-0.05, 0) is 99.0 Å². The van der Waals surface area contributed by atoms with E-state index in [0.717, 1.165) is 50.8 Å². The first-order chi connectivity index (χ1) is 32.1. The summed E-state index contributed by atoms with van der Waals surface area (Å²) >= 11 is 0. The third-order valence-corrected chi connectivity index (χ3v) is 13.9. The number of aromatic nitrogens is 2. The molecule has 0 saturated carbocycles. The van der Waals surface area contributed by atoms with Gasteiger partial charge in [-0.3, -0.25) is 4.57 Å². The zero-order valence-electron chi connectivity index (χ0n) is 38.0. The molecule has 5 heteroatoms. The van der Waals surface area contributed by atoms with Crippen molar-refractivity contribution < 1.29 is 4.74 Å². The van der Waals surface area contributed by atoms with E-state index in [1.165, 1.54) is 61.1 Å². The van der Waals surface area contributed by atoms with E-state index in [2.05, 4.69) is 243 Å². The second-order valence-corrected chi connectivity index (χ2v) is 19.3. The van der Waals surface area contributed by atoms with Gasteiger partial charge in [-0.2, -0.15) is 0 Å². The van der Waals surface area contributed by atoms with Crippen LogP contribution in [0.15, 0.2) is 200 Å². The molecule has 0 atom stereocenters. The lowest BCUT2D eigenvalue weighted by molar-refractivity contribution is 0.483. The van der Waals surface area contributed by atoms with E-state index in [0.29, 0.717) is 6.67 Å². The van der Waals surface area contributed by atoms with Gasteiger partial charge in [-0.1, -0.05) is 162 Å². The zero-order chi connectivity index (χ0) is 44.7. The van der Waals surface area contributed by atoms with Gasteiger partial charge >= 0.3 is 0 Å². The summed E-state index contributed by atoms with van der Waals surface area (Å²) in [4.78, 5) is 9.91. The van der Waals surface area contributed by atoms with Crippen molar-refractivity contribution in [3.8, 4) is 50.7 Å². The average Bonchev–Trinajstić information content (AvgIpc) is 3.97. The fourth-order valence-electron chi connectivity index (χ4n) is 10.5. The lowest BCUT2D eigenvalue weighted by Crippen LogP contribution is -2.25. The summed E-state index contributed by atoms with van der Waals surface area (Å²) in [5, 5.41) is 2.34. The van der Waals surface area contributed by atoms with E-state index < -0.39 is 0 Å². The zero-order valence-corrected chi connectivity index (χ0v) is 38.0. The fourth-order valence-corrected chi connectivity index (χ4v) is 10.5. The van der Waals surface area contributed by atoms with Gasteiger partial charge in [-0.25, -0.2) is 4.98 Å². The molecule has 320 valence electrons. The first kappa shape index (κ1) is 39.7. The average molecular weight is 855 g/mol. The number of nitrogens with zero attached hydrogens (tertiary/aromatic N) is 4. The Morgan fingerprint density at radius 3 is 2.06 bits per heavy atom. The molecule has 0 saturated heterocycles. The molecule has 2 aliphatic rings. The van der Waals surface area contributed by atoms with Crippen molar-refractivity contribution in [3.63, 3.8) is 0 Å². The molecule has 8 aromatic carbocycles. The van der Waals surface area contributed by atoms with Gasteiger partial charge in [0.2, 0.25) is 0 Å². The van der Waals surface area contributed by atoms with Crippen LogP contribution in [0.4, 0.5) is 22.7 Å². The Morgan fingerprint density at radius 1 is 0.515 bits per heavy atom. The van der Waals surface area contributed by atoms with Crippen LogP contribution in [0.2, 0.25) is 0 Å². The monoisotopic (exact) mass is 854 g/mol. The Morgan fingerprint density at radius 2 is 1.24 bits per heavy atom. The van der Waals surface area contributed by atoms with Crippen molar-refractivity contribution in [2.45, 2.75) is 45.4 Å². The number of hydrogen-bond acceptors (Lipinski definition) is 4. The quantitative estimate of drug-likeness (QED) is 0.160. The predicted octanol–water partition coefficient (Wildman–Crippen LogP) is 16.2. The normalized spacial score (nSPS) is 13.8. The maximum atomic E-state index is 6.87. The summed E-state index contributed by atoms with van der Waals surface area (Å²) in [6.07, 6.45) is 1.93. The summed E-state index contributed by atoms with van der Waals surface area (Å²) in [6, 6.07) is 70.1. The minimum absolute atomic E-state index is 0.0145. The molecular weight excluding hydrogens is 805 g/mol. The molecule has 2 aromatic heterocycles. The van der Waals surface area contributed by atoms with Crippen LogP contribution >= 0.6 is 0 Å². The van der Waals surface area contributed by atoms with Crippen LogP contribution in [0, 0.1) is 0 Å². The highest BCUT2D eigenvalue weighted by molar-refractivity contribution is 6.09. The first-order valence-electron chi connectivity index (χ1n) is 23.0. The third-order valence-electron chi connectivity index (χ3n) is 13.9. The van der Waals surface area contributed by atoms with Crippen LogP contribution in [0.3, 0.4) is 0 Å². The molecule has 0 bridgehead atoms. The van der Waals surface area contributed by atoms with Crippen LogP contribution in [-0.2, 0) is 10.8 Å². The van der Waals surface area contributed by atoms with Crippen LogP contribution in [0.5, 0.6) is 11.5 Å². The number of benzene rings is 8. The van der Waals surface area contributed by atoms with Crippen molar-refractivity contribution in [2.24, 2.45) is 0 Å². The van der Waals surface area contributed by atoms with Crippen LogP contribution in [-0.4, -0.2) is 16.2 Å². The van der Waals surface area contributed by atoms with Gasteiger partial charge in [-0.15, -0.1) is 0 Å². The number of rotatable bonds is 7. The Balaban J connectivity index is 0.984. The second-order valence-electron chi connectivity index (χ2n) is 19.3. The Kier molecular flexibility index (Phi) is 9.08. The summed E-state index contributed by atoms with van der Waals surface area (Å²) in [5.41, 5.74) is 17.9. The van der Waals surface area contributed by atoms with Crippen LogP contribution < -0.4 is 14.5 Å². The topological polar surface area (TPSA) is 33.5 Å². The third kappa shape index (κ3) is 6.41. The van der Waals surface area contributed by atoms with Gasteiger partial charge in [0, 0.05) is 51.3 Å². The van der Waals surface area contributed by atoms with Crippen molar-refractivity contribution >= 4 is 44.6 Å². The van der Waals surface area contributed by atoms with Gasteiger partial charge in [0.1, 0.15) is 24.0 Å². The van der Waals surface area contributed by atoms with Crippen LogP contribution in [0.25, 0.3) is 61.0 Å². The van der Waals surface area contributed by atoms with Crippen molar-refractivity contribution in [2.75, 3.05) is 16.5 Å². The standard InChI is InChI=1S/C61H50N4O/c1-60(2,3)43-33-34-62-57(36-43)65-53-26-15-13-23-48(53)49-29-28-46(38-55(49)65)66-45-22-16-21-44(37-45)63-39-64(54-32-27-42(35-56(54)63)40-17-8-6-9-18-40)59-47(41-19-10-7-11-20-41)30-31-52-58(59)50-24-12-14-25-51(50)61(52,4)5/h6-38H,39H2,1-5H3. The lowest BCUT2D eigenvalue weighted by Gasteiger charge is -2.28. The minimum atomic E-state index is -0.147. The van der Waals surface area contributed by atoms with Gasteiger partial charge in [0.15, 0.2) is 0 Å². The summed E-state index contributed by atoms with van der Waals surface area (Å²) in [6.45, 7) is 12.1. The predicted molar refractivity (Wildman–Crippen MR) is 274 cm³/mol. The largest absolute Gasteiger partial charge is 0.457 e. The molecule has 1 aliphatic carbocycles. The van der Waals surface area contributed by atoms with E-state index in [9.17, 15) is 0 Å². The second kappa shape index (κ2) is 15.1. The van der Waals surface area contributed by atoms with Crippen molar-refractivity contribution in [3.05, 3.63) is 217 Å². The van der Waals surface area contributed by atoms with Crippen molar-refractivity contribution in [1.82, 2.24) is 9.55 Å². The molecule has 10 aromatic rings. The van der Waals surface area contributed by atoms with E-state index in [4.69, 9.17) is 9.72 Å². The molecule has 0 spiro atoms. The SMILES string of the molecule is CC(C)(C)c1ccnc(-n2c3ccccc3c3ccc(Oc4cccc(N5CN(c6c(-c7ccccc7)ccc7c6-c6ccccc6C7(C)C)c6ccc(-c7ccccc7)cc65)c4)cc32)c1. The lowest BCUT2D eigenvalue weighted by atomic mass is 9.82. The van der Waals surface area contributed by atoms with Gasteiger partial charge in [0.25, 0.3) is 0 Å². The van der Waals surface area contributed by atoms with Crippen molar-refractivity contribution in [1.29, 1.82) is 0 Å². The molecule has 0 N–H and O–H groups in total. The molecule has 5 nitrogen and oxygen atoms in total. The molecule has 12 rings (SSSR count). The first-order valence-corrected chi connectivity index (χ1v) is 23.0. The molecule has 3 heterocycles. The number of fused-ring (bicyclic) bond motifs is 7. The van der Waals surface area contributed by atoms with E-state index >= 15 is 0 Å². The summed E-state index contributed by atoms with van der Waals surface area (Å²) < 4.78 is 9.14. The smallest absolute Gasteiger partial charge is 0.137 e. The number of para-hydroxylation sites is 1. The fraction of sp³-hybridized carbons (Fsp3) is 0.131. The van der Waals surface area contributed by atoms with Crippen LogP contribution in [0.1, 0.15) is 51.3 Å². The number of pyridine rings is 1. The van der Waals surface area contributed by atoms with Gasteiger partial charge in [0.05, 0.1) is 28.1 Å². The highest BCUT2D eigenvalue weighted by atomic mass is 16.5. The maximum absolute atomic E-state index is 6.87. The molecule has 0 radical (unpaired) electrons. The summed E-state index contributed by atoms with van der Waals surface area (Å²) in [7, 11) is 0. The number of ether oxygens (including phenoxy) is 1. The van der Waals surface area contributed by atoms with E-state index in [1.54, 1.807) is 0 Å². The van der Waals surface area contributed by atoms with E-state index in [-0.39, 0.29) is 10.8 Å².